The number of amides is 1. The van der Waals surface area contributed by atoms with Crippen LogP contribution in [0.15, 0.2) is 0 Å². The van der Waals surface area contributed by atoms with Crippen LogP contribution in [0.1, 0.15) is 26.7 Å². The average molecular weight is 267 g/mol. The number of likely N-dealkylation sites (N-methyl/N-ethyl adjacent to an activating group) is 1. The molecule has 0 spiro atoms. The molecule has 0 bridgehead atoms. The summed E-state index contributed by atoms with van der Waals surface area (Å²) in [5.41, 5.74) is 0. The van der Waals surface area contributed by atoms with Crippen molar-refractivity contribution in [2.24, 2.45) is 11.8 Å². The van der Waals surface area contributed by atoms with Gasteiger partial charge in [0.25, 0.3) is 0 Å². The van der Waals surface area contributed by atoms with E-state index in [1.807, 2.05) is 0 Å². The first kappa shape index (κ1) is 14.8. The van der Waals surface area contributed by atoms with Crippen molar-refractivity contribution in [2.45, 2.75) is 26.7 Å². The lowest BCUT2D eigenvalue weighted by molar-refractivity contribution is -0.134. The van der Waals surface area contributed by atoms with E-state index in [1.165, 1.54) is 12.8 Å². The maximum atomic E-state index is 12.3. The van der Waals surface area contributed by atoms with Crippen molar-refractivity contribution in [3.05, 3.63) is 0 Å². The van der Waals surface area contributed by atoms with Crippen LogP contribution in [0.3, 0.4) is 0 Å². The zero-order valence-electron chi connectivity index (χ0n) is 12.8. The fourth-order valence-electron chi connectivity index (χ4n) is 3.11. The van der Waals surface area contributed by atoms with Gasteiger partial charge in [-0.2, -0.15) is 0 Å². The molecule has 2 rings (SSSR count). The van der Waals surface area contributed by atoms with Gasteiger partial charge >= 0.3 is 0 Å². The number of likely N-dealkylation sites (tertiary alicyclic amines) is 1. The summed E-state index contributed by atoms with van der Waals surface area (Å²) in [6.45, 7) is 11.4. The molecule has 0 radical (unpaired) electrons. The van der Waals surface area contributed by atoms with Crippen LogP contribution in [0.5, 0.6) is 0 Å². The minimum Gasteiger partial charge on any atom is -0.342 e. The third-order valence-corrected chi connectivity index (χ3v) is 4.79. The van der Waals surface area contributed by atoms with Crippen molar-refractivity contribution in [1.29, 1.82) is 0 Å². The molecule has 2 aliphatic heterocycles. The van der Waals surface area contributed by atoms with E-state index in [2.05, 4.69) is 35.6 Å². The molecule has 19 heavy (non-hydrogen) atoms. The summed E-state index contributed by atoms with van der Waals surface area (Å²) in [6.07, 6.45) is 2.37. The predicted octanol–water partition coefficient (Wildman–Crippen LogP) is 1.13. The van der Waals surface area contributed by atoms with Gasteiger partial charge in [0, 0.05) is 39.3 Å². The maximum Gasteiger partial charge on any atom is 0.236 e. The van der Waals surface area contributed by atoms with Crippen LogP contribution in [0, 0.1) is 11.8 Å². The lowest BCUT2D eigenvalue weighted by Crippen LogP contribution is -2.50. The minimum atomic E-state index is 0.340. The average Bonchev–Trinajstić information content (AvgIpc) is 2.41. The van der Waals surface area contributed by atoms with Gasteiger partial charge in [-0.25, -0.2) is 0 Å². The van der Waals surface area contributed by atoms with Gasteiger partial charge in [-0.15, -0.1) is 0 Å². The van der Waals surface area contributed by atoms with E-state index in [1.54, 1.807) is 0 Å². The number of nitrogens with zero attached hydrogens (tertiary/aromatic N) is 3. The SMILES string of the molecule is CC(C)C1CCN(C(=O)CN2CCN(C)CC2)CC1. The Labute approximate surface area is 117 Å². The van der Waals surface area contributed by atoms with E-state index in [4.69, 9.17) is 0 Å². The summed E-state index contributed by atoms with van der Waals surface area (Å²) in [6, 6.07) is 0. The smallest absolute Gasteiger partial charge is 0.236 e. The molecule has 0 unspecified atom stereocenters. The molecule has 0 atom stereocenters. The molecule has 2 fully saturated rings. The highest BCUT2D eigenvalue weighted by Gasteiger charge is 2.26. The number of hydrogen-bond donors (Lipinski definition) is 0. The Hall–Kier alpha value is -0.610. The van der Waals surface area contributed by atoms with E-state index in [9.17, 15) is 4.79 Å². The first-order valence-corrected chi connectivity index (χ1v) is 7.75. The van der Waals surface area contributed by atoms with Gasteiger partial charge in [-0.3, -0.25) is 9.69 Å². The number of hydrogen-bond acceptors (Lipinski definition) is 3. The quantitative estimate of drug-likeness (QED) is 0.767. The molecule has 0 aromatic rings. The summed E-state index contributed by atoms with van der Waals surface area (Å²) < 4.78 is 0. The number of piperidine rings is 1. The lowest BCUT2D eigenvalue weighted by Gasteiger charge is -2.36. The molecule has 4 nitrogen and oxygen atoms in total. The summed E-state index contributed by atoms with van der Waals surface area (Å²) in [5.74, 6) is 1.91. The normalized spacial score (nSPS) is 24.1. The van der Waals surface area contributed by atoms with Gasteiger partial charge in [-0.1, -0.05) is 13.8 Å². The van der Waals surface area contributed by atoms with Crippen LogP contribution in [0.25, 0.3) is 0 Å². The Morgan fingerprint density at radius 2 is 1.63 bits per heavy atom. The van der Waals surface area contributed by atoms with Gasteiger partial charge in [0.2, 0.25) is 5.91 Å². The fraction of sp³-hybridized carbons (Fsp3) is 0.933. The maximum absolute atomic E-state index is 12.3. The van der Waals surface area contributed by atoms with Crippen molar-refractivity contribution >= 4 is 5.91 Å². The van der Waals surface area contributed by atoms with Crippen molar-refractivity contribution in [2.75, 3.05) is 52.9 Å². The number of carbonyl (C=O) groups excluding carboxylic acids is 1. The van der Waals surface area contributed by atoms with Crippen molar-refractivity contribution in [1.82, 2.24) is 14.7 Å². The largest absolute Gasteiger partial charge is 0.342 e. The van der Waals surface area contributed by atoms with Gasteiger partial charge in [-0.05, 0) is 31.7 Å². The van der Waals surface area contributed by atoms with E-state index in [-0.39, 0.29) is 0 Å². The summed E-state index contributed by atoms with van der Waals surface area (Å²) in [7, 11) is 2.15. The van der Waals surface area contributed by atoms with Crippen LogP contribution < -0.4 is 0 Å². The van der Waals surface area contributed by atoms with Gasteiger partial charge in [0.15, 0.2) is 0 Å². The second-order valence-corrected chi connectivity index (χ2v) is 6.54. The van der Waals surface area contributed by atoms with Crippen LogP contribution in [-0.4, -0.2) is 73.5 Å². The van der Waals surface area contributed by atoms with E-state index in [0.29, 0.717) is 12.5 Å². The van der Waals surface area contributed by atoms with Crippen molar-refractivity contribution in [3.8, 4) is 0 Å². The molecule has 2 saturated heterocycles. The zero-order valence-corrected chi connectivity index (χ0v) is 12.8. The fourth-order valence-corrected chi connectivity index (χ4v) is 3.11. The molecule has 1 amide bonds. The Bertz CT molecular complexity index is 290. The van der Waals surface area contributed by atoms with Crippen molar-refractivity contribution < 1.29 is 4.79 Å². The highest BCUT2D eigenvalue weighted by atomic mass is 16.2. The van der Waals surface area contributed by atoms with Crippen molar-refractivity contribution in [3.63, 3.8) is 0 Å². The Balaban J connectivity index is 1.72. The van der Waals surface area contributed by atoms with Crippen LogP contribution in [0.4, 0.5) is 0 Å². The molecule has 2 aliphatic rings. The molecule has 0 saturated carbocycles. The second-order valence-electron chi connectivity index (χ2n) is 6.54. The molecule has 110 valence electrons. The summed E-state index contributed by atoms with van der Waals surface area (Å²) >= 11 is 0. The molecule has 0 aromatic heterocycles. The van der Waals surface area contributed by atoms with Gasteiger partial charge in [0.1, 0.15) is 0 Å². The first-order valence-electron chi connectivity index (χ1n) is 7.75. The summed E-state index contributed by atoms with van der Waals surface area (Å²) in [4.78, 5) is 19.0. The Kier molecular flexibility index (Phi) is 5.22. The Morgan fingerprint density at radius 3 is 2.16 bits per heavy atom. The number of rotatable bonds is 3. The third-order valence-electron chi connectivity index (χ3n) is 4.79. The topological polar surface area (TPSA) is 26.8 Å². The van der Waals surface area contributed by atoms with Crippen LogP contribution in [-0.2, 0) is 4.79 Å². The van der Waals surface area contributed by atoms with E-state index < -0.39 is 0 Å². The molecular weight excluding hydrogens is 238 g/mol. The lowest BCUT2D eigenvalue weighted by atomic mass is 9.87. The highest BCUT2D eigenvalue weighted by Crippen LogP contribution is 2.24. The predicted molar refractivity (Wildman–Crippen MR) is 78.1 cm³/mol. The second kappa shape index (κ2) is 6.71. The van der Waals surface area contributed by atoms with E-state index >= 15 is 0 Å². The highest BCUT2D eigenvalue weighted by molar-refractivity contribution is 5.78. The third kappa shape index (κ3) is 4.18. The van der Waals surface area contributed by atoms with E-state index in [0.717, 1.165) is 51.1 Å². The molecule has 2 heterocycles. The van der Waals surface area contributed by atoms with Gasteiger partial charge < -0.3 is 9.80 Å². The number of carbonyl (C=O) groups is 1. The standard InChI is InChI=1S/C15H29N3O/c1-13(2)14-4-6-18(7-5-14)15(19)12-17-10-8-16(3)9-11-17/h13-14H,4-12H2,1-3H3. The molecular formula is C15H29N3O. The monoisotopic (exact) mass is 267 g/mol. The Morgan fingerprint density at radius 1 is 1.05 bits per heavy atom. The first-order chi connectivity index (χ1) is 9.06. The van der Waals surface area contributed by atoms with Crippen LogP contribution >= 0.6 is 0 Å². The molecule has 4 heteroatoms. The van der Waals surface area contributed by atoms with Gasteiger partial charge in [0.05, 0.1) is 6.54 Å². The van der Waals surface area contributed by atoms with Crippen LogP contribution in [0.2, 0.25) is 0 Å². The minimum absolute atomic E-state index is 0.340. The molecule has 0 N–H and O–H groups in total. The number of piperazine rings is 1. The molecule has 0 aliphatic carbocycles. The summed E-state index contributed by atoms with van der Waals surface area (Å²) in [5, 5.41) is 0. The molecule has 0 aromatic carbocycles. The zero-order chi connectivity index (χ0) is 13.8.